The molecule has 0 radical (unpaired) electrons. The van der Waals surface area contributed by atoms with Gasteiger partial charge in [-0.05, 0) is 86.8 Å². The summed E-state index contributed by atoms with van der Waals surface area (Å²) in [7, 11) is 6.68. The highest BCUT2D eigenvalue weighted by atomic mass is 16.5. The Bertz CT molecular complexity index is 2270. The minimum atomic E-state index is -1.07. The zero-order valence-corrected chi connectivity index (χ0v) is 29.7. The van der Waals surface area contributed by atoms with Crippen molar-refractivity contribution in [2.75, 3.05) is 28.4 Å². The maximum Gasteiger partial charge on any atom is 0.178 e. The van der Waals surface area contributed by atoms with Gasteiger partial charge in [0, 0.05) is 27.5 Å². The largest absolute Gasteiger partial charge is 0.497 e. The summed E-state index contributed by atoms with van der Waals surface area (Å²) in [6.07, 6.45) is 2.26. The second-order valence-electron chi connectivity index (χ2n) is 13.6. The maximum atomic E-state index is 9.99. The number of aliphatic hydroxyl groups is 1. The topological polar surface area (TPSA) is 66.4 Å². The molecule has 0 atom stereocenters. The fourth-order valence-corrected chi connectivity index (χ4v) is 8.04. The Labute approximate surface area is 298 Å². The molecular formula is C45H40O6. The number of hydrogen-bond donors (Lipinski definition) is 1. The number of hydrogen-bond acceptors (Lipinski definition) is 6. The number of methoxy groups -OCH3 is 4. The molecule has 0 saturated heterocycles. The lowest BCUT2D eigenvalue weighted by atomic mass is 9.73. The maximum absolute atomic E-state index is 9.99. The van der Waals surface area contributed by atoms with Crippen LogP contribution in [0, 0.1) is 0 Å². The summed E-state index contributed by atoms with van der Waals surface area (Å²) in [6, 6.07) is 37.1. The Morgan fingerprint density at radius 3 is 1.75 bits per heavy atom. The molecular weight excluding hydrogens is 636 g/mol. The Balaban J connectivity index is 1.56. The fourth-order valence-electron chi connectivity index (χ4n) is 8.04. The van der Waals surface area contributed by atoms with E-state index in [1.165, 1.54) is 16.7 Å². The molecule has 6 aromatic rings. The summed E-state index contributed by atoms with van der Waals surface area (Å²) in [5, 5.41) is 11.9. The number of rotatable bonds is 8. The predicted molar refractivity (Wildman–Crippen MR) is 201 cm³/mol. The first-order valence-corrected chi connectivity index (χ1v) is 17.1. The first kappa shape index (κ1) is 32.5. The highest BCUT2D eigenvalue weighted by molar-refractivity contribution is 6.11. The quantitative estimate of drug-likeness (QED) is 0.173. The number of ether oxygens (including phenoxy) is 5. The Hall–Kier alpha value is -5.72. The van der Waals surface area contributed by atoms with Crippen LogP contribution in [-0.2, 0) is 17.6 Å². The predicted octanol–water partition coefficient (Wildman–Crippen LogP) is 9.44. The van der Waals surface area contributed by atoms with Crippen LogP contribution in [0.4, 0.5) is 0 Å². The molecule has 0 spiro atoms. The van der Waals surface area contributed by atoms with Crippen LogP contribution in [0.1, 0.15) is 52.8 Å². The van der Waals surface area contributed by atoms with Crippen molar-refractivity contribution in [3.63, 3.8) is 0 Å². The van der Waals surface area contributed by atoms with Gasteiger partial charge < -0.3 is 28.8 Å². The summed E-state index contributed by atoms with van der Waals surface area (Å²) in [4.78, 5) is 0. The number of fused-ring (bicyclic) bond motifs is 8. The zero-order valence-electron chi connectivity index (χ0n) is 29.7. The van der Waals surface area contributed by atoms with E-state index in [9.17, 15) is 5.11 Å². The van der Waals surface area contributed by atoms with E-state index >= 15 is 0 Å². The molecule has 0 bridgehead atoms. The van der Waals surface area contributed by atoms with E-state index in [1.807, 2.05) is 42.5 Å². The number of benzene rings is 6. The van der Waals surface area contributed by atoms with E-state index in [4.69, 9.17) is 23.7 Å². The number of aliphatic hydroxyl groups excluding tert-OH is 1. The first-order chi connectivity index (χ1) is 24.8. The summed E-state index contributed by atoms with van der Waals surface area (Å²) < 4.78 is 30.6. The van der Waals surface area contributed by atoms with E-state index in [0.717, 1.165) is 67.0 Å². The molecule has 51 heavy (non-hydrogen) atoms. The van der Waals surface area contributed by atoms with Crippen molar-refractivity contribution in [3.05, 3.63) is 154 Å². The van der Waals surface area contributed by atoms with Crippen LogP contribution in [0.3, 0.4) is 0 Å². The third-order valence-electron chi connectivity index (χ3n) is 10.6. The molecule has 0 aromatic heterocycles. The van der Waals surface area contributed by atoms with Gasteiger partial charge in [-0.1, -0.05) is 86.6 Å². The van der Waals surface area contributed by atoms with E-state index in [1.54, 1.807) is 28.4 Å². The lowest BCUT2D eigenvalue weighted by Crippen LogP contribution is -2.36. The second kappa shape index (κ2) is 12.3. The third-order valence-corrected chi connectivity index (χ3v) is 10.6. The monoisotopic (exact) mass is 676 g/mol. The van der Waals surface area contributed by atoms with Crippen LogP contribution in [0.5, 0.6) is 28.7 Å². The highest BCUT2D eigenvalue weighted by Crippen LogP contribution is 2.61. The zero-order chi connectivity index (χ0) is 35.5. The smallest absolute Gasteiger partial charge is 0.178 e. The van der Waals surface area contributed by atoms with Crippen LogP contribution in [0.2, 0.25) is 0 Å². The molecule has 8 rings (SSSR count). The van der Waals surface area contributed by atoms with Gasteiger partial charge in [0.2, 0.25) is 0 Å². The molecule has 6 nitrogen and oxygen atoms in total. The molecule has 0 unspecified atom stereocenters. The van der Waals surface area contributed by atoms with Crippen molar-refractivity contribution in [1.29, 1.82) is 0 Å². The molecule has 1 N–H and O–H groups in total. The van der Waals surface area contributed by atoms with Gasteiger partial charge in [-0.25, -0.2) is 0 Å². The van der Waals surface area contributed by atoms with Gasteiger partial charge in [0.15, 0.2) is 17.1 Å². The minimum absolute atomic E-state index is 0.0370. The molecule has 6 aromatic carbocycles. The summed E-state index contributed by atoms with van der Waals surface area (Å²) in [5.41, 5.74) is 9.12. The van der Waals surface area contributed by atoms with E-state index in [-0.39, 0.29) is 12.0 Å². The Kier molecular flexibility index (Phi) is 7.80. The van der Waals surface area contributed by atoms with Gasteiger partial charge in [-0.2, -0.15) is 0 Å². The van der Waals surface area contributed by atoms with Crippen LogP contribution >= 0.6 is 0 Å². The summed E-state index contributed by atoms with van der Waals surface area (Å²) >= 11 is 0. The highest BCUT2D eigenvalue weighted by Gasteiger charge is 2.47. The summed E-state index contributed by atoms with van der Waals surface area (Å²) in [6.45, 7) is 4.56. The molecule has 256 valence electrons. The fraction of sp³-hybridized carbons (Fsp3) is 0.200. The molecule has 0 amide bonds. The average molecular weight is 677 g/mol. The molecule has 0 saturated carbocycles. The third kappa shape index (κ3) is 4.89. The van der Waals surface area contributed by atoms with Crippen LogP contribution in [0.25, 0.3) is 27.5 Å². The molecule has 1 heterocycles. The minimum Gasteiger partial charge on any atom is -0.497 e. The second-order valence-corrected chi connectivity index (χ2v) is 13.6. The Morgan fingerprint density at radius 1 is 0.627 bits per heavy atom. The Morgan fingerprint density at radius 2 is 1.20 bits per heavy atom. The SMILES string of the molecule is COc1ccc(C2(c3ccc(OC)cc3)C=C(c3ccc(CO)cc3)c3c4c(c5cc(OC)c(OC)cc5c3O2)-c2ccccc2C4(C)C)cc1. The van der Waals surface area contributed by atoms with Gasteiger partial charge in [-0.3, -0.25) is 0 Å². The van der Waals surface area contributed by atoms with Crippen molar-refractivity contribution in [1.82, 2.24) is 0 Å². The standard InChI is InChI=1S/C45H40O6/c1-44(2)37-10-8-7-9-33(37)40-34-23-38(49-5)39(50-6)24-35(34)43-41(42(40)44)36(28-13-11-27(26-46)12-14-28)25-45(51-43,29-15-19-31(47-3)20-16-29)30-17-21-32(48-4)22-18-30/h7-25,46H,26H2,1-6H3. The molecule has 0 fully saturated rings. The van der Waals surface area contributed by atoms with Crippen LogP contribution in [0.15, 0.2) is 115 Å². The molecule has 2 aliphatic rings. The van der Waals surface area contributed by atoms with E-state index in [0.29, 0.717) is 11.5 Å². The van der Waals surface area contributed by atoms with Gasteiger partial charge in [0.25, 0.3) is 0 Å². The van der Waals surface area contributed by atoms with E-state index < -0.39 is 5.60 Å². The summed E-state index contributed by atoms with van der Waals surface area (Å²) in [5.74, 6) is 3.52. The van der Waals surface area contributed by atoms with Gasteiger partial charge in [0.05, 0.1) is 35.0 Å². The van der Waals surface area contributed by atoms with E-state index in [2.05, 4.69) is 86.7 Å². The average Bonchev–Trinajstić information content (AvgIpc) is 3.43. The van der Waals surface area contributed by atoms with Crippen molar-refractivity contribution in [2.24, 2.45) is 0 Å². The molecule has 1 aliphatic heterocycles. The van der Waals surface area contributed by atoms with Crippen molar-refractivity contribution < 1.29 is 28.8 Å². The van der Waals surface area contributed by atoms with Crippen molar-refractivity contribution in [3.8, 4) is 39.9 Å². The van der Waals surface area contributed by atoms with Gasteiger partial charge in [-0.15, -0.1) is 0 Å². The van der Waals surface area contributed by atoms with Crippen molar-refractivity contribution >= 4 is 16.3 Å². The first-order valence-electron chi connectivity index (χ1n) is 17.1. The van der Waals surface area contributed by atoms with Crippen LogP contribution in [-0.4, -0.2) is 33.5 Å². The van der Waals surface area contributed by atoms with Gasteiger partial charge in [0.1, 0.15) is 17.2 Å². The van der Waals surface area contributed by atoms with Crippen LogP contribution < -0.4 is 23.7 Å². The molecule has 1 aliphatic carbocycles. The van der Waals surface area contributed by atoms with Crippen molar-refractivity contribution in [2.45, 2.75) is 31.5 Å². The normalized spacial score (nSPS) is 14.8. The van der Waals surface area contributed by atoms with Gasteiger partial charge >= 0.3 is 0 Å². The lowest BCUT2D eigenvalue weighted by molar-refractivity contribution is 0.162. The lowest BCUT2D eigenvalue weighted by Gasteiger charge is -2.41. The molecule has 6 heteroatoms.